The van der Waals surface area contributed by atoms with Crippen molar-refractivity contribution < 1.29 is 18.0 Å². The molecule has 9 heteroatoms. The number of nitrogens with zero attached hydrogens (tertiary/aromatic N) is 4. The molecule has 0 radical (unpaired) electrons. The molecule has 1 amide bonds. The molecule has 1 aliphatic carbocycles. The highest BCUT2D eigenvalue weighted by atomic mass is 19.4. The third-order valence-electron chi connectivity index (χ3n) is 6.11. The highest BCUT2D eigenvalue weighted by Crippen LogP contribution is 2.30. The van der Waals surface area contributed by atoms with Crippen LogP contribution < -0.4 is 10.2 Å². The van der Waals surface area contributed by atoms with Crippen LogP contribution in [0.4, 0.5) is 24.9 Å². The van der Waals surface area contributed by atoms with E-state index in [0.29, 0.717) is 38.2 Å². The summed E-state index contributed by atoms with van der Waals surface area (Å²) in [4.78, 5) is 25.7. The number of alkyl halides is 3. The van der Waals surface area contributed by atoms with Gasteiger partial charge in [0.2, 0.25) is 5.95 Å². The number of carbonyl (C=O) groups is 1. The second-order valence-corrected chi connectivity index (χ2v) is 8.53. The van der Waals surface area contributed by atoms with Gasteiger partial charge < -0.3 is 15.1 Å². The number of benzene rings is 1. The zero-order valence-corrected chi connectivity index (χ0v) is 18.2. The largest absolute Gasteiger partial charge is 0.416 e. The zero-order chi connectivity index (χ0) is 22.7. The van der Waals surface area contributed by atoms with Gasteiger partial charge in [-0.1, -0.05) is 25.3 Å². The van der Waals surface area contributed by atoms with Crippen molar-refractivity contribution in [2.45, 2.75) is 51.2 Å². The minimum absolute atomic E-state index is 0.0603. The van der Waals surface area contributed by atoms with Crippen molar-refractivity contribution in [1.82, 2.24) is 14.9 Å². The topological polar surface area (TPSA) is 61.4 Å². The van der Waals surface area contributed by atoms with E-state index in [2.05, 4.69) is 15.2 Å². The molecule has 2 aromatic rings. The Balaban J connectivity index is 1.40. The molecule has 1 saturated heterocycles. The Kier molecular flexibility index (Phi) is 6.53. The average Bonchev–Trinajstić information content (AvgIpc) is 2.78. The fraction of sp³-hybridized carbons (Fsp3) is 0.522. The van der Waals surface area contributed by atoms with Crippen molar-refractivity contribution in [3.8, 4) is 0 Å². The maximum Gasteiger partial charge on any atom is 0.416 e. The van der Waals surface area contributed by atoms with E-state index in [1.165, 1.54) is 31.4 Å². The molecule has 6 nitrogen and oxygen atoms in total. The number of carbonyl (C=O) groups excluding carboxylic acids is 1. The second-order valence-electron chi connectivity index (χ2n) is 8.53. The molecule has 1 aromatic heterocycles. The monoisotopic (exact) mass is 447 g/mol. The molecule has 2 aliphatic rings. The van der Waals surface area contributed by atoms with Gasteiger partial charge in [-0.05, 0) is 38.0 Å². The van der Waals surface area contributed by atoms with Gasteiger partial charge >= 0.3 is 6.18 Å². The number of rotatable bonds is 4. The maximum absolute atomic E-state index is 13.0. The lowest BCUT2D eigenvalue weighted by Crippen LogP contribution is -2.49. The van der Waals surface area contributed by atoms with E-state index >= 15 is 0 Å². The highest BCUT2D eigenvalue weighted by molar-refractivity contribution is 5.94. The highest BCUT2D eigenvalue weighted by Gasteiger charge is 2.32. The summed E-state index contributed by atoms with van der Waals surface area (Å²) < 4.78 is 38.9. The van der Waals surface area contributed by atoms with Crippen molar-refractivity contribution in [2.75, 3.05) is 36.4 Å². The van der Waals surface area contributed by atoms with Crippen LogP contribution in [-0.2, 0) is 6.18 Å². The van der Waals surface area contributed by atoms with Crippen LogP contribution in [0.25, 0.3) is 0 Å². The van der Waals surface area contributed by atoms with E-state index in [1.807, 2.05) is 13.0 Å². The van der Waals surface area contributed by atoms with Crippen molar-refractivity contribution >= 4 is 17.7 Å². The van der Waals surface area contributed by atoms with Crippen LogP contribution in [0.3, 0.4) is 0 Å². The van der Waals surface area contributed by atoms with Gasteiger partial charge in [0.15, 0.2) is 0 Å². The Morgan fingerprint density at radius 3 is 2.44 bits per heavy atom. The van der Waals surface area contributed by atoms with E-state index < -0.39 is 11.7 Å². The average molecular weight is 448 g/mol. The van der Waals surface area contributed by atoms with E-state index in [-0.39, 0.29) is 11.5 Å². The summed E-state index contributed by atoms with van der Waals surface area (Å²) in [5.74, 6) is 1.06. The summed E-state index contributed by atoms with van der Waals surface area (Å²) in [6.07, 6.45) is 1.51. The first-order valence-corrected chi connectivity index (χ1v) is 11.1. The molecule has 0 unspecified atom stereocenters. The van der Waals surface area contributed by atoms with Crippen molar-refractivity contribution in [2.24, 2.45) is 0 Å². The third-order valence-corrected chi connectivity index (χ3v) is 6.11. The van der Waals surface area contributed by atoms with Gasteiger partial charge in [0.25, 0.3) is 5.91 Å². The maximum atomic E-state index is 13.0. The molecular formula is C23H28F3N5O. The second kappa shape index (κ2) is 9.34. The summed E-state index contributed by atoms with van der Waals surface area (Å²) in [5.41, 5.74) is 0.123. The van der Waals surface area contributed by atoms with E-state index in [9.17, 15) is 18.0 Å². The van der Waals surface area contributed by atoms with Crippen LogP contribution in [0.5, 0.6) is 0 Å². The molecule has 1 aliphatic heterocycles. The quantitative estimate of drug-likeness (QED) is 0.747. The number of hydrogen-bond acceptors (Lipinski definition) is 5. The Labute approximate surface area is 185 Å². The van der Waals surface area contributed by atoms with Crippen molar-refractivity contribution in [3.63, 3.8) is 0 Å². The predicted molar refractivity (Wildman–Crippen MR) is 117 cm³/mol. The van der Waals surface area contributed by atoms with Crippen LogP contribution in [0.15, 0.2) is 30.3 Å². The molecule has 32 heavy (non-hydrogen) atoms. The van der Waals surface area contributed by atoms with Crippen LogP contribution in [0, 0.1) is 6.92 Å². The Morgan fingerprint density at radius 2 is 1.75 bits per heavy atom. The predicted octanol–water partition coefficient (Wildman–Crippen LogP) is 4.51. The zero-order valence-electron chi connectivity index (χ0n) is 18.2. The van der Waals surface area contributed by atoms with Crippen molar-refractivity contribution in [1.29, 1.82) is 0 Å². The number of halogens is 3. The van der Waals surface area contributed by atoms with Crippen LogP contribution in [0.1, 0.15) is 53.7 Å². The smallest absolute Gasteiger partial charge is 0.353 e. The molecule has 2 heterocycles. The van der Waals surface area contributed by atoms with Gasteiger partial charge in [-0.15, -0.1) is 0 Å². The van der Waals surface area contributed by atoms with Crippen LogP contribution in [-0.4, -0.2) is 53.0 Å². The van der Waals surface area contributed by atoms with Crippen LogP contribution in [0.2, 0.25) is 0 Å². The fourth-order valence-corrected chi connectivity index (χ4v) is 4.36. The number of nitrogens with one attached hydrogen (secondary N) is 1. The number of aromatic nitrogens is 2. The van der Waals surface area contributed by atoms with E-state index in [1.54, 1.807) is 4.90 Å². The SMILES string of the molecule is Cc1cc(N2CCN(C(=O)c3cccc(C(F)(F)F)c3)CC2)nc(NC2CCCCC2)n1. The summed E-state index contributed by atoms with van der Waals surface area (Å²) >= 11 is 0. The molecule has 0 atom stereocenters. The van der Waals surface area contributed by atoms with Crippen molar-refractivity contribution in [3.05, 3.63) is 47.2 Å². The third kappa shape index (κ3) is 5.31. The minimum atomic E-state index is -4.47. The number of anilines is 2. The van der Waals surface area contributed by atoms with Gasteiger partial charge in [-0.2, -0.15) is 18.2 Å². The molecule has 0 spiro atoms. The first-order valence-electron chi connectivity index (χ1n) is 11.1. The van der Waals surface area contributed by atoms with E-state index in [0.717, 1.165) is 36.5 Å². The Morgan fingerprint density at radius 1 is 1.03 bits per heavy atom. The molecule has 2 fully saturated rings. The minimum Gasteiger partial charge on any atom is -0.353 e. The lowest BCUT2D eigenvalue weighted by Gasteiger charge is -2.35. The lowest BCUT2D eigenvalue weighted by atomic mass is 9.96. The normalized spacial score (nSPS) is 18.0. The van der Waals surface area contributed by atoms with E-state index in [4.69, 9.17) is 4.98 Å². The standard InChI is InChI=1S/C23H28F3N5O/c1-16-14-20(29-22(27-16)28-19-8-3-2-4-9-19)30-10-12-31(13-11-30)21(32)17-6-5-7-18(15-17)23(24,25)26/h5-7,14-15,19H,2-4,8-13H2,1H3,(H,27,28,29). The molecular weight excluding hydrogens is 419 g/mol. The number of hydrogen-bond donors (Lipinski definition) is 1. The van der Waals surface area contributed by atoms with Gasteiger partial charge in [0, 0.05) is 49.5 Å². The molecule has 4 rings (SSSR count). The molecule has 1 saturated carbocycles. The number of amides is 1. The number of piperazine rings is 1. The van der Waals surface area contributed by atoms with Crippen LogP contribution >= 0.6 is 0 Å². The summed E-state index contributed by atoms with van der Waals surface area (Å²) in [7, 11) is 0. The van der Waals surface area contributed by atoms with Gasteiger partial charge in [-0.25, -0.2) is 4.98 Å². The molecule has 172 valence electrons. The summed E-state index contributed by atoms with van der Waals surface area (Å²) in [6, 6.07) is 6.94. The first kappa shape index (κ1) is 22.4. The first-order chi connectivity index (χ1) is 15.3. The molecule has 1 aromatic carbocycles. The van der Waals surface area contributed by atoms with Gasteiger partial charge in [0.1, 0.15) is 5.82 Å². The van der Waals surface area contributed by atoms with Gasteiger partial charge in [0.05, 0.1) is 5.56 Å². The van der Waals surface area contributed by atoms with Gasteiger partial charge in [-0.3, -0.25) is 4.79 Å². The summed E-state index contributed by atoms with van der Waals surface area (Å²) in [5, 5.41) is 3.46. The molecule has 1 N–H and O–H groups in total. The Hall–Kier alpha value is -2.84. The Bertz CT molecular complexity index is 951. The molecule has 0 bridgehead atoms. The summed E-state index contributed by atoms with van der Waals surface area (Å²) in [6.45, 7) is 3.89. The fourth-order valence-electron chi connectivity index (χ4n) is 4.36. The lowest BCUT2D eigenvalue weighted by molar-refractivity contribution is -0.137. The number of aryl methyl sites for hydroxylation is 1.